The lowest BCUT2D eigenvalue weighted by atomic mass is 10.2. The van der Waals surface area contributed by atoms with Crippen LogP contribution in [0.15, 0.2) is 54.6 Å². The van der Waals surface area contributed by atoms with Crippen LogP contribution in [0.25, 0.3) is 0 Å². The number of benzene rings is 2. The molecular formula is C20H18ClFN4O. The Labute approximate surface area is 161 Å². The number of hydrogen-bond donors (Lipinski definition) is 1. The Kier molecular flexibility index (Phi) is 5.66. The molecular weight excluding hydrogens is 367 g/mol. The Morgan fingerprint density at radius 1 is 1.15 bits per heavy atom. The number of aromatic nitrogens is 2. The van der Waals surface area contributed by atoms with Crippen molar-refractivity contribution in [2.24, 2.45) is 0 Å². The average Bonchev–Trinajstić information content (AvgIpc) is 2.64. The van der Waals surface area contributed by atoms with Crippen LogP contribution >= 0.6 is 11.6 Å². The van der Waals surface area contributed by atoms with E-state index in [1.165, 1.54) is 12.1 Å². The molecule has 3 aromatic rings. The molecule has 0 atom stereocenters. The molecule has 1 aromatic heterocycles. The van der Waals surface area contributed by atoms with Gasteiger partial charge in [0.05, 0.1) is 5.02 Å². The van der Waals surface area contributed by atoms with Crippen LogP contribution in [-0.2, 0) is 6.54 Å². The molecule has 0 saturated heterocycles. The number of hydrogen-bond acceptors (Lipinski definition) is 4. The Morgan fingerprint density at radius 3 is 2.59 bits per heavy atom. The number of nitrogens with one attached hydrogen (secondary N) is 1. The fraction of sp³-hybridized carbons (Fsp3) is 0.150. The Bertz CT molecular complexity index is 965. The summed E-state index contributed by atoms with van der Waals surface area (Å²) in [6.45, 7) is 2.18. The van der Waals surface area contributed by atoms with E-state index in [9.17, 15) is 9.18 Å². The van der Waals surface area contributed by atoms with E-state index in [2.05, 4.69) is 15.3 Å². The third-order valence-corrected chi connectivity index (χ3v) is 4.15. The van der Waals surface area contributed by atoms with Gasteiger partial charge >= 0.3 is 0 Å². The number of halogens is 2. The van der Waals surface area contributed by atoms with Crippen molar-refractivity contribution in [2.45, 2.75) is 13.5 Å². The second-order valence-corrected chi connectivity index (χ2v) is 6.49. The van der Waals surface area contributed by atoms with Crippen LogP contribution in [0.3, 0.4) is 0 Å². The van der Waals surface area contributed by atoms with Gasteiger partial charge in [-0.05, 0) is 30.7 Å². The topological polar surface area (TPSA) is 58.1 Å². The maximum Gasteiger partial charge on any atom is 0.272 e. The monoisotopic (exact) mass is 384 g/mol. The van der Waals surface area contributed by atoms with Gasteiger partial charge in [0.2, 0.25) is 0 Å². The van der Waals surface area contributed by atoms with Crippen LogP contribution in [0.5, 0.6) is 0 Å². The fourth-order valence-corrected chi connectivity index (χ4v) is 2.77. The number of nitrogens with zero attached hydrogens (tertiary/aromatic N) is 3. The number of aryl methyl sites for hydroxylation is 1. The van der Waals surface area contributed by atoms with Crippen molar-refractivity contribution >= 4 is 29.0 Å². The van der Waals surface area contributed by atoms with Gasteiger partial charge < -0.3 is 10.2 Å². The quantitative estimate of drug-likeness (QED) is 0.698. The molecule has 0 fully saturated rings. The molecule has 7 heteroatoms. The van der Waals surface area contributed by atoms with E-state index < -0.39 is 5.82 Å². The SMILES string of the molecule is Cc1nc(Nc2ccc(F)c(Cl)c2)cc(C(=O)N(C)Cc2ccccc2)n1. The van der Waals surface area contributed by atoms with E-state index in [0.717, 1.165) is 5.56 Å². The second kappa shape index (κ2) is 8.14. The molecule has 5 nitrogen and oxygen atoms in total. The summed E-state index contributed by atoms with van der Waals surface area (Å²) in [5, 5.41) is 3.03. The molecule has 138 valence electrons. The van der Waals surface area contributed by atoms with Crippen LogP contribution in [-0.4, -0.2) is 27.8 Å². The van der Waals surface area contributed by atoms with Crippen molar-refractivity contribution in [1.82, 2.24) is 14.9 Å². The van der Waals surface area contributed by atoms with Crippen molar-refractivity contribution in [3.8, 4) is 0 Å². The zero-order valence-electron chi connectivity index (χ0n) is 14.9. The summed E-state index contributed by atoms with van der Waals surface area (Å²) in [6.07, 6.45) is 0. The molecule has 27 heavy (non-hydrogen) atoms. The third-order valence-electron chi connectivity index (χ3n) is 3.86. The number of carbonyl (C=O) groups excluding carboxylic acids is 1. The first-order chi connectivity index (χ1) is 12.9. The van der Waals surface area contributed by atoms with E-state index in [0.29, 0.717) is 23.9 Å². The molecule has 2 aromatic carbocycles. The molecule has 1 N–H and O–H groups in total. The summed E-state index contributed by atoms with van der Waals surface area (Å²) in [5.41, 5.74) is 1.87. The summed E-state index contributed by atoms with van der Waals surface area (Å²) >= 11 is 5.80. The van der Waals surface area contributed by atoms with Crippen molar-refractivity contribution < 1.29 is 9.18 Å². The summed E-state index contributed by atoms with van der Waals surface area (Å²) in [4.78, 5) is 22.9. The lowest BCUT2D eigenvalue weighted by Crippen LogP contribution is -2.27. The zero-order valence-corrected chi connectivity index (χ0v) is 15.7. The zero-order chi connectivity index (χ0) is 19.4. The normalized spacial score (nSPS) is 10.5. The fourth-order valence-electron chi connectivity index (χ4n) is 2.59. The molecule has 0 aliphatic rings. The predicted molar refractivity (Wildman–Crippen MR) is 104 cm³/mol. The van der Waals surface area contributed by atoms with E-state index in [1.54, 1.807) is 31.0 Å². The average molecular weight is 385 g/mol. The Morgan fingerprint density at radius 2 is 1.89 bits per heavy atom. The van der Waals surface area contributed by atoms with Gasteiger partial charge in [0.1, 0.15) is 23.2 Å². The lowest BCUT2D eigenvalue weighted by molar-refractivity contribution is 0.0779. The Hall–Kier alpha value is -2.99. The highest BCUT2D eigenvalue weighted by atomic mass is 35.5. The maximum atomic E-state index is 13.3. The molecule has 0 unspecified atom stereocenters. The van der Waals surface area contributed by atoms with Crippen LogP contribution in [0.2, 0.25) is 5.02 Å². The van der Waals surface area contributed by atoms with Crippen LogP contribution in [0, 0.1) is 12.7 Å². The molecule has 0 bridgehead atoms. The maximum absolute atomic E-state index is 13.3. The molecule has 0 aliphatic heterocycles. The number of anilines is 2. The van der Waals surface area contributed by atoms with Crippen molar-refractivity contribution in [2.75, 3.05) is 12.4 Å². The highest BCUT2D eigenvalue weighted by Crippen LogP contribution is 2.22. The molecule has 0 spiro atoms. The number of carbonyl (C=O) groups is 1. The van der Waals surface area contributed by atoms with Gasteiger partial charge in [-0.2, -0.15) is 0 Å². The predicted octanol–water partition coefficient (Wildman–Crippen LogP) is 4.59. The molecule has 3 rings (SSSR count). The highest BCUT2D eigenvalue weighted by Gasteiger charge is 2.16. The molecule has 1 amide bonds. The van der Waals surface area contributed by atoms with Crippen LogP contribution in [0.4, 0.5) is 15.9 Å². The van der Waals surface area contributed by atoms with E-state index in [4.69, 9.17) is 11.6 Å². The van der Waals surface area contributed by atoms with Gasteiger partial charge in [-0.1, -0.05) is 41.9 Å². The van der Waals surface area contributed by atoms with E-state index in [-0.39, 0.29) is 16.6 Å². The summed E-state index contributed by atoms with van der Waals surface area (Å²) in [7, 11) is 1.72. The van der Waals surface area contributed by atoms with Gasteiger partial charge in [0.25, 0.3) is 5.91 Å². The Balaban J connectivity index is 1.79. The third kappa shape index (κ3) is 4.80. The van der Waals surface area contributed by atoms with Crippen molar-refractivity contribution in [3.05, 3.63) is 82.5 Å². The van der Waals surface area contributed by atoms with E-state index in [1.807, 2.05) is 30.3 Å². The van der Waals surface area contributed by atoms with Gasteiger partial charge in [0.15, 0.2) is 0 Å². The first-order valence-electron chi connectivity index (χ1n) is 8.29. The molecule has 0 aliphatic carbocycles. The highest BCUT2D eigenvalue weighted by molar-refractivity contribution is 6.31. The molecule has 0 saturated carbocycles. The minimum atomic E-state index is -0.500. The van der Waals surface area contributed by atoms with Crippen molar-refractivity contribution in [3.63, 3.8) is 0 Å². The first kappa shape index (κ1) is 18.8. The van der Waals surface area contributed by atoms with E-state index >= 15 is 0 Å². The molecule has 0 radical (unpaired) electrons. The van der Waals surface area contributed by atoms with Crippen LogP contribution < -0.4 is 5.32 Å². The van der Waals surface area contributed by atoms with Gasteiger partial charge in [-0.25, -0.2) is 14.4 Å². The van der Waals surface area contributed by atoms with Crippen molar-refractivity contribution in [1.29, 1.82) is 0 Å². The number of rotatable bonds is 5. The molecule has 1 heterocycles. The van der Waals surface area contributed by atoms with Gasteiger partial charge in [0, 0.05) is 25.3 Å². The largest absolute Gasteiger partial charge is 0.340 e. The summed E-state index contributed by atoms with van der Waals surface area (Å²) in [5.74, 6) is 0.162. The van der Waals surface area contributed by atoms with Gasteiger partial charge in [-0.15, -0.1) is 0 Å². The lowest BCUT2D eigenvalue weighted by Gasteiger charge is -2.17. The standard InChI is InChI=1S/C20H18ClFN4O/c1-13-23-18(20(27)26(2)12-14-6-4-3-5-7-14)11-19(24-13)25-15-8-9-17(22)16(21)10-15/h3-11H,12H2,1-2H3,(H,23,24,25). The second-order valence-electron chi connectivity index (χ2n) is 6.09. The number of amides is 1. The first-order valence-corrected chi connectivity index (χ1v) is 8.67. The van der Waals surface area contributed by atoms with Gasteiger partial charge in [-0.3, -0.25) is 4.79 Å². The minimum Gasteiger partial charge on any atom is -0.340 e. The summed E-state index contributed by atoms with van der Waals surface area (Å²) < 4.78 is 13.3. The summed E-state index contributed by atoms with van der Waals surface area (Å²) in [6, 6.07) is 15.5. The minimum absolute atomic E-state index is 0.00433. The smallest absolute Gasteiger partial charge is 0.272 e. The van der Waals surface area contributed by atoms with Crippen LogP contribution in [0.1, 0.15) is 21.9 Å².